The lowest BCUT2D eigenvalue weighted by Gasteiger charge is -2.11. The highest BCUT2D eigenvalue weighted by molar-refractivity contribution is 5.23. The van der Waals surface area contributed by atoms with Crippen LogP contribution in [-0.2, 0) is 7.05 Å². The van der Waals surface area contributed by atoms with Gasteiger partial charge in [0, 0.05) is 19.6 Å². The third kappa shape index (κ3) is 1.77. The zero-order valence-corrected chi connectivity index (χ0v) is 7.93. The Morgan fingerprint density at radius 3 is 2.85 bits per heavy atom. The van der Waals surface area contributed by atoms with E-state index in [2.05, 4.69) is 32.8 Å². The molecule has 1 fully saturated rings. The third-order valence-corrected chi connectivity index (χ3v) is 2.34. The Morgan fingerprint density at radius 2 is 2.31 bits per heavy atom. The Morgan fingerprint density at radius 1 is 1.46 bits per heavy atom. The highest BCUT2D eigenvalue weighted by Gasteiger charge is 2.20. The molecule has 1 atom stereocenters. The molecular weight excluding hydrogens is 168 g/mol. The fourth-order valence-electron chi connectivity index (χ4n) is 1.59. The van der Waals surface area contributed by atoms with Crippen LogP contribution in [0.15, 0.2) is 0 Å². The molecule has 2 heterocycles. The first-order valence-electron chi connectivity index (χ1n) is 4.43. The number of nitrogens with one attached hydrogen (secondary N) is 1. The molecule has 0 aliphatic carbocycles. The molecule has 13 heavy (non-hydrogen) atoms. The summed E-state index contributed by atoms with van der Waals surface area (Å²) in [5.74, 6) is 0.750. The Hall–Kier alpha value is -1.17. The molecule has 0 amide bonds. The molecule has 0 radical (unpaired) electrons. The molecule has 1 unspecified atom stereocenters. The maximum Gasteiger partial charge on any atom is 0.242 e. The number of aromatic nitrogens is 4. The van der Waals surface area contributed by atoms with Crippen LogP contribution in [0.4, 0.5) is 5.95 Å². The second kappa shape index (κ2) is 3.29. The summed E-state index contributed by atoms with van der Waals surface area (Å²) in [6.45, 7) is 2.20. The van der Waals surface area contributed by atoms with Gasteiger partial charge in [-0.25, -0.2) is 4.68 Å². The van der Waals surface area contributed by atoms with Crippen LogP contribution in [0.2, 0.25) is 0 Å². The predicted molar refractivity (Wildman–Crippen MR) is 48.3 cm³/mol. The lowest BCUT2D eigenvalue weighted by atomic mass is 10.3. The summed E-state index contributed by atoms with van der Waals surface area (Å²) in [5, 5.41) is 14.5. The van der Waals surface area contributed by atoms with Gasteiger partial charge in [-0.1, -0.05) is 5.10 Å². The summed E-state index contributed by atoms with van der Waals surface area (Å²) in [5.41, 5.74) is 0. The maximum absolute atomic E-state index is 3.88. The second-order valence-corrected chi connectivity index (χ2v) is 3.52. The zero-order valence-electron chi connectivity index (χ0n) is 7.93. The molecule has 0 aromatic carbocycles. The molecule has 0 bridgehead atoms. The molecule has 2 rings (SSSR count). The van der Waals surface area contributed by atoms with Crippen molar-refractivity contribution in [3.63, 3.8) is 0 Å². The summed E-state index contributed by atoms with van der Waals surface area (Å²) in [7, 11) is 3.96. The number of nitrogens with zero attached hydrogens (tertiary/aromatic N) is 5. The largest absolute Gasteiger partial charge is 0.349 e. The highest BCUT2D eigenvalue weighted by atomic mass is 15.6. The van der Waals surface area contributed by atoms with Crippen LogP contribution in [0.1, 0.15) is 6.42 Å². The number of anilines is 1. The van der Waals surface area contributed by atoms with Gasteiger partial charge >= 0.3 is 0 Å². The molecule has 1 saturated heterocycles. The van der Waals surface area contributed by atoms with Crippen molar-refractivity contribution in [2.75, 3.05) is 25.5 Å². The van der Waals surface area contributed by atoms with Gasteiger partial charge in [0.25, 0.3) is 0 Å². The second-order valence-electron chi connectivity index (χ2n) is 3.52. The van der Waals surface area contributed by atoms with Gasteiger partial charge in [0.2, 0.25) is 5.95 Å². The monoisotopic (exact) mass is 182 g/mol. The number of hydrogen-bond donors (Lipinski definition) is 1. The van der Waals surface area contributed by atoms with E-state index in [0.29, 0.717) is 6.04 Å². The van der Waals surface area contributed by atoms with Gasteiger partial charge < -0.3 is 10.2 Å². The van der Waals surface area contributed by atoms with Gasteiger partial charge in [0.1, 0.15) is 0 Å². The molecule has 1 aliphatic heterocycles. The first-order valence-corrected chi connectivity index (χ1v) is 4.43. The van der Waals surface area contributed by atoms with Crippen molar-refractivity contribution in [3.8, 4) is 0 Å². The summed E-state index contributed by atoms with van der Waals surface area (Å²) in [6, 6.07) is 0.481. The molecule has 6 heteroatoms. The first kappa shape index (κ1) is 8.43. The number of likely N-dealkylation sites (tertiary alicyclic amines) is 1. The lowest BCUT2D eigenvalue weighted by Crippen LogP contribution is -2.25. The topological polar surface area (TPSA) is 58.9 Å². The Balaban J connectivity index is 1.95. The summed E-state index contributed by atoms with van der Waals surface area (Å²) < 4.78 is 1.65. The molecule has 0 saturated carbocycles. The van der Waals surface area contributed by atoms with Crippen molar-refractivity contribution >= 4 is 5.95 Å². The SMILES string of the molecule is CN1CCC(Nc2nnnn2C)C1. The van der Waals surface area contributed by atoms with Crippen molar-refractivity contribution < 1.29 is 0 Å². The standard InChI is InChI=1S/C7H14N6/c1-12-4-3-6(5-12)8-7-9-10-11-13(7)2/h6H,3-5H2,1-2H3,(H,8,9,11). The van der Waals surface area contributed by atoms with Gasteiger partial charge in [-0.05, 0) is 30.4 Å². The minimum atomic E-state index is 0.481. The van der Waals surface area contributed by atoms with E-state index in [4.69, 9.17) is 0 Å². The van der Waals surface area contributed by atoms with Crippen LogP contribution in [0.5, 0.6) is 0 Å². The van der Waals surface area contributed by atoms with E-state index in [-0.39, 0.29) is 0 Å². The van der Waals surface area contributed by atoms with E-state index in [0.717, 1.165) is 25.5 Å². The summed E-state index contributed by atoms with van der Waals surface area (Å²) >= 11 is 0. The van der Waals surface area contributed by atoms with Crippen molar-refractivity contribution in [2.24, 2.45) is 7.05 Å². The van der Waals surface area contributed by atoms with E-state index in [9.17, 15) is 0 Å². The minimum Gasteiger partial charge on any atom is -0.349 e. The van der Waals surface area contributed by atoms with E-state index >= 15 is 0 Å². The molecule has 72 valence electrons. The number of likely N-dealkylation sites (N-methyl/N-ethyl adjacent to an activating group) is 1. The van der Waals surface area contributed by atoms with Crippen LogP contribution in [0.3, 0.4) is 0 Å². The van der Waals surface area contributed by atoms with Crippen LogP contribution in [-0.4, -0.2) is 51.3 Å². The molecule has 1 N–H and O–H groups in total. The molecule has 6 nitrogen and oxygen atoms in total. The smallest absolute Gasteiger partial charge is 0.242 e. The number of hydrogen-bond acceptors (Lipinski definition) is 5. The van der Waals surface area contributed by atoms with Crippen LogP contribution in [0, 0.1) is 0 Å². The first-order chi connectivity index (χ1) is 6.25. The fourth-order valence-corrected chi connectivity index (χ4v) is 1.59. The Bertz CT molecular complexity index is 282. The normalized spacial score (nSPS) is 23.7. The van der Waals surface area contributed by atoms with Gasteiger partial charge in [-0.2, -0.15) is 0 Å². The van der Waals surface area contributed by atoms with E-state index < -0.39 is 0 Å². The third-order valence-electron chi connectivity index (χ3n) is 2.34. The molecule has 0 spiro atoms. The average molecular weight is 182 g/mol. The van der Waals surface area contributed by atoms with Gasteiger partial charge in [-0.3, -0.25) is 0 Å². The number of aryl methyl sites for hydroxylation is 1. The summed E-state index contributed by atoms with van der Waals surface area (Å²) in [6.07, 6.45) is 1.16. The lowest BCUT2D eigenvalue weighted by molar-refractivity contribution is 0.413. The fraction of sp³-hybridized carbons (Fsp3) is 0.857. The van der Waals surface area contributed by atoms with Crippen molar-refractivity contribution in [1.29, 1.82) is 0 Å². The molecule has 1 aromatic heterocycles. The van der Waals surface area contributed by atoms with Gasteiger partial charge in [0.05, 0.1) is 0 Å². The van der Waals surface area contributed by atoms with E-state index in [1.54, 1.807) is 4.68 Å². The van der Waals surface area contributed by atoms with E-state index in [1.165, 1.54) is 0 Å². The number of rotatable bonds is 2. The molecular formula is C7H14N6. The van der Waals surface area contributed by atoms with Crippen molar-refractivity contribution in [3.05, 3.63) is 0 Å². The minimum absolute atomic E-state index is 0.481. The van der Waals surface area contributed by atoms with Crippen LogP contribution >= 0.6 is 0 Å². The predicted octanol–water partition coefficient (Wildman–Crippen LogP) is -0.674. The van der Waals surface area contributed by atoms with Crippen molar-refractivity contribution in [1.82, 2.24) is 25.1 Å². The highest BCUT2D eigenvalue weighted by Crippen LogP contribution is 2.10. The Kier molecular flexibility index (Phi) is 2.13. The maximum atomic E-state index is 3.88. The number of tetrazole rings is 1. The summed E-state index contributed by atoms with van der Waals surface area (Å²) in [4.78, 5) is 2.29. The van der Waals surface area contributed by atoms with Crippen LogP contribution in [0.25, 0.3) is 0 Å². The zero-order chi connectivity index (χ0) is 9.26. The van der Waals surface area contributed by atoms with Crippen LogP contribution < -0.4 is 5.32 Å². The molecule has 1 aromatic rings. The van der Waals surface area contributed by atoms with Gasteiger partial charge in [0.15, 0.2) is 0 Å². The van der Waals surface area contributed by atoms with Gasteiger partial charge in [-0.15, -0.1) is 0 Å². The average Bonchev–Trinajstić information content (AvgIpc) is 2.64. The van der Waals surface area contributed by atoms with Crippen molar-refractivity contribution in [2.45, 2.75) is 12.5 Å². The molecule has 1 aliphatic rings. The quantitative estimate of drug-likeness (QED) is 0.657. The Labute approximate surface area is 76.9 Å². The van der Waals surface area contributed by atoms with E-state index in [1.807, 2.05) is 7.05 Å².